The minimum absolute atomic E-state index is 0.0163. The van der Waals surface area contributed by atoms with E-state index in [4.69, 9.17) is 9.47 Å². The monoisotopic (exact) mass is 405 g/mol. The first kappa shape index (κ1) is 19.7. The van der Waals surface area contributed by atoms with E-state index in [0.717, 1.165) is 33.9 Å². The zero-order valence-electron chi connectivity index (χ0n) is 17.0. The van der Waals surface area contributed by atoms with Gasteiger partial charge in [-0.15, -0.1) is 0 Å². The van der Waals surface area contributed by atoms with E-state index < -0.39 is 5.97 Å². The molecule has 1 aliphatic heterocycles. The van der Waals surface area contributed by atoms with Gasteiger partial charge in [-0.3, -0.25) is 4.79 Å². The largest absolute Gasteiger partial charge is 0.482 e. The molecular weight excluding hydrogens is 382 g/mol. The Hall–Kier alpha value is -3.61. The van der Waals surface area contributed by atoms with Gasteiger partial charge in [0, 0.05) is 17.8 Å². The van der Waals surface area contributed by atoms with E-state index in [1.54, 1.807) is 12.1 Å². The van der Waals surface area contributed by atoms with Gasteiger partial charge in [-0.2, -0.15) is 5.10 Å². The molecule has 2 aromatic carbocycles. The number of hydrogen-bond donors (Lipinski definition) is 1. The number of amides is 1. The van der Waals surface area contributed by atoms with Crippen molar-refractivity contribution in [2.45, 2.75) is 33.3 Å². The van der Waals surface area contributed by atoms with Crippen molar-refractivity contribution in [1.82, 2.24) is 9.78 Å². The van der Waals surface area contributed by atoms with Gasteiger partial charge >= 0.3 is 5.97 Å². The van der Waals surface area contributed by atoms with Crippen LogP contribution in [0.15, 0.2) is 48.5 Å². The summed E-state index contributed by atoms with van der Waals surface area (Å²) in [5, 5.41) is 7.28. The van der Waals surface area contributed by atoms with Gasteiger partial charge in [-0.05, 0) is 67.8 Å². The number of aromatic nitrogens is 2. The van der Waals surface area contributed by atoms with Crippen LogP contribution in [-0.4, -0.2) is 28.3 Å². The molecular formula is C23H23N3O4. The number of fused-ring (bicyclic) bond motifs is 1. The molecule has 0 radical (unpaired) electrons. The van der Waals surface area contributed by atoms with Crippen LogP contribution in [0.2, 0.25) is 0 Å². The van der Waals surface area contributed by atoms with Crippen LogP contribution in [0.1, 0.15) is 28.9 Å². The lowest BCUT2D eigenvalue weighted by Gasteiger charge is -2.17. The standard InChI is InChI=1S/C23H23N3O4/c1-15-11-16(2)26(25-15)19-6-3-17(4-7-19)13-30-23(28)14-29-20-8-9-21-18(12-20)5-10-22(27)24-21/h3-4,6-9,11-12H,5,10,13-14H2,1-2H3,(H,24,27). The Morgan fingerprint density at radius 1 is 1.10 bits per heavy atom. The molecule has 0 saturated heterocycles. The highest BCUT2D eigenvalue weighted by molar-refractivity contribution is 5.94. The summed E-state index contributed by atoms with van der Waals surface area (Å²) in [4.78, 5) is 23.5. The minimum atomic E-state index is -0.441. The SMILES string of the molecule is Cc1cc(C)n(-c2ccc(COC(=O)COc3ccc4c(c3)CCC(=O)N4)cc2)n1. The van der Waals surface area contributed by atoms with E-state index >= 15 is 0 Å². The van der Waals surface area contributed by atoms with Gasteiger partial charge in [0.25, 0.3) is 0 Å². The summed E-state index contributed by atoms with van der Waals surface area (Å²) in [7, 11) is 0. The second kappa shape index (κ2) is 8.41. The van der Waals surface area contributed by atoms with Gasteiger partial charge < -0.3 is 14.8 Å². The third-order valence-electron chi connectivity index (χ3n) is 4.92. The van der Waals surface area contributed by atoms with E-state index in [-0.39, 0.29) is 19.1 Å². The van der Waals surface area contributed by atoms with Crippen LogP contribution in [0.25, 0.3) is 5.69 Å². The number of hydrogen-bond acceptors (Lipinski definition) is 5. The molecule has 2 heterocycles. The molecule has 3 aromatic rings. The normalized spacial score (nSPS) is 12.8. The number of rotatable bonds is 6. The van der Waals surface area contributed by atoms with Gasteiger partial charge in [0.1, 0.15) is 12.4 Å². The van der Waals surface area contributed by atoms with Crippen LogP contribution in [0.5, 0.6) is 5.75 Å². The Morgan fingerprint density at radius 2 is 1.90 bits per heavy atom. The second-order valence-corrected chi connectivity index (χ2v) is 7.32. The van der Waals surface area contributed by atoms with Crippen LogP contribution in [0.4, 0.5) is 5.69 Å². The number of anilines is 1. The van der Waals surface area contributed by atoms with Crippen molar-refractivity contribution in [3.8, 4) is 11.4 Å². The number of esters is 1. The number of aryl methyl sites for hydroxylation is 3. The molecule has 0 aliphatic carbocycles. The number of nitrogens with one attached hydrogen (secondary N) is 1. The van der Waals surface area contributed by atoms with Crippen molar-refractivity contribution in [2.24, 2.45) is 0 Å². The molecule has 1 N–H and O–H groups in total. The Balaban J connectivity index is 1.28. The summed E-state index contributed by atoms with van der Waals surface area (Å²) in [6.45, 7) is 3.97. The maximum atomic E-state index is 12.0. The van der Waals surface area contributed by atoms with Crippen molar-refractivity contribution in [1.29, 1.82) is 0 Å². The summed E-state index contributed by atoms with van der Waals surface area (Å²) in [5.41, 5.74) is 5.68. The number of carbonyl (C=O) groups is 2. The van der Waals surface area contributed by atoms with Crippen LogP contribution in [0.3, 0.4) is 0 Å². The van der Waals surface area contributed by atoms with Gasteiger partial charge in [-0.25, -0.2) is 9.48 Å². The number of ether oxygens (including phenoxy) is 2. The molecule has 0 unspecified atom stereocenters. The summed E-state index contributed by atoms with van der Waals surface area (Å²) in [6.07, 6.45) is 1.12. The maximum Gasteiger partial charge on any atom is 0.344 e. The molecule has 0 fully saturated rings. The van der Waals surface area contributed by atoms with Crippen molar-refractivity contribution < 1.29 is 19.1 Å². The zero-order valence-corrected chi connectivity index (χ0v) is 17.0. The van der Waals surface area contributed by atoms with Gasteiger partial charge in [-0.1, -0.05) is 12.1 Å². The minimum Gasteiger partial charge on any atom is -0.482 e. The predicted octanol–water partition coefficient (Wildman–Crippen LogP) is 3.50. The summed E-state index contributed by atoms with van der Waals surface area (Å²) in [6, 6.07) is 15.1. The topological polar surface area (TPSA) is 82.5 Å². The average molecular weight is 405 g/mol. The van der Waals surface area contributed by atoms with Crippen LogP contribution in [-0.2, 0) is 27.4 Å². The lowest BCUT2D eigenvalue weighted by atomic mass is 10.0. The molecule has 0 saturated carbocycles. The van der Waals surface area contributed by atoms with E-state index in [1.807, 2.05) is 54.9 Å². The van der Waals surface area contributed by atoms with Crippen LogP contribution in [0, 0.1) is 13.8 Å². The number of benzene rings is 2. The number of carbonyl (C=O) groups excluding carboxylic acids is 2. The summed E-state index contributed by atoms with van der Waals surface area (Å²) in [5.74, 6) is 0.155. The molecule has 154 valence electrons. The van der Waals surface area contributed by atoms with Gasteiger partial charge in [0.15, 0.2) is 6.61 Å². The highest BCUT2D eigenvalue weighted by Crippen LogP contribution is 2.26. The Kier molecular flexibility index (Phi) is 5.52. The molecule has 1 aromatic heterocycles. The van der Waals surface area contributed by atoms with Crippen LogP contribution < -0.4 is 10.1 Å². The van der Waals surface area contributed by atoms with Gasteiger partial charge in [0.2, 0.25) is 5.91 Å². The fraction of sp³-hybridized carbons (Fsp3) is 0.261. The van der Waals surface area contributed by atoms with Crippen molar-refractivity contribution in [2.75, 3.05) is 11.9 Å². The first-order chi connectivity index (χ1) is 14.5. The molecule has 0 bridgehead atoms. The van der Waals surface area contributed by atoms with E-state index in [0.29, 0.717) is 18.6 Å². The zero-order chi connectivity index (χ0) is 21.1. The molecule has 1 amide bonds. The fourth-order valence-corrected chi connectivity index (χ4v) is 3.42. The molecule has 30 heavy (non-hydrogen) atoms. The molecule has 0 atom stereocenters. The third-order valence-corrected chi connectivity index (χ3v) is 4.92. The first-order valence-electron chi connectivity index (χ1n) is 9.82. The van der Waals surface area contributed by atoms with Crippen LogP contribution >= 0.6 is 0 Å². The highest BCUT2D eigenvalue weighted by Gasteiger charge is 2.15. The third kappa shape index (κ3) is 4.51. The molecule has 1 aliphatic rings. The first-order valence-corrected chi connectivity index (χ1v) is 9.82. The highest BCUT2D eigenvalue weighted by atomic mass is 16.6. The smallest absolute Gasteiger partial charge is 0.344 e. The maximum absolute atomic E-state index is 12.0. The summed E-state index contributed by atoms with van der Waals surface area (Å²) >= 11 is 0. The molecule has 7 heteroatoms. The quantitative estimate of drug-likeness (QED) is 0.635. The lowest BCUT2D eigenvalue weighted by Crippen LogP contribution is -2.19. The van der Waals surface area contributed by atoms with E-state index in [1.165, 1.54) is 0 Å². The van der Waals surface area contributed by atoms with Crippen molar-refractivity contribution in [3.05, 3.63) is 71.0 Å². The molecule has 7 nitrogen and oxygen atoms in total. The summed E-state index contributed by atoms with van der Waals surface area (Å²) < 4.78 is 12.7. The average Bonchev–Trinajstić information content (AvgIpc) is 3.09. The molecule has 4 rings (SSSR count). The molecule has 0 spiro atoms. The van der Waals surface area contributed by atoms with E-state index in [2.05, 4.69) is 10.4 Å². The van der Waals surface area contributed by atoms with Crippen molar-refractivity contribution in [3.63, 3.8) is 0 Å². The number of nitrogens with zero attached hydrogens (tertiary/aromatic N) is 2. The lowest BCUT2D eigenvalue weighted by molar-refractivity contribution is -0.147. The predicted molar refractivity (Wildman–Crippen MR) is 112 cm³/mol. The van der Waals surface area contributed by atoms with Gasteiger partial charge in [0.05, 0.1) is 11.4 Å². The Labute approximate surface area is 174 Å². The van der Waals surface area contributed by atoms with E-state index in [9.17, 15) is 9.59 Å². The Bertz CT molecular complexity index is 1090. The van der Waals surface area contributed by atoms with Crippen molar-refractivity contribution >= 4 is 17.6 Å². The Morgan fingerprint density at radius 3 is 2.63 bits per heavy atom. The fourth-order valence-electron chi connectivity index (χ4n) is 3.42. The second-order valence-electron chi connectivity index (χ2n) is 7.32.